The van der Waals surface area contributed by atoms with Gasteiger partial charge in [-0.05, 0) is 19.1 Å². The van der Waals surface area contributed by atoms with Crippen LogP contribution in [0, 0.1) is 10.1 Å². The number of anilines is 1. The summed E-state index contributed by atoms with van der Waals surface area (Å²) in [6.07, 6.45) is 2.56. The highest BCUT2D eigenvalue weighted by atomic mass is 16.6. The maximum Gasteiger partial charge on any atom is 0.300 e. The van der Waals surface area contributed by atoms with E-state index in [-0.39, 0.29) is 17.8 Å². The number of carbonyl (C=O) groups excluding carboxylic acids is 1. The summed E-state index contributed by atoms with van der Waals surface area (Å²) in [5, 5.41) is 16.5. The fraction of sp³-hybridized carbons (Fsp3) is 0.231. The fourth-order valence-electron chi connectivity index (χ4n) is 1.73. The Morgan fingerprint density at radius 3 is 2.95 bits per heavy atom. The average Bonchev–Trinajstić information content (AvgIpc) is 2.98. The number of nitro groups is 1. The Labute approximate surface area is 120 Å². The molecule has 0 atom stereocenters. The third-order valence-electron chi connectivity index (χ3n) is 2.69. The Morgan fingerprint density at radius 1 is 1.52 bits per heavy atom. The molecule has 110 valence electrons. The average molecular weight is 290 g/mol. The second-order valence-electron chi connectivity index (χ2n) is 4.14. The molecule has 8 nitrogen and oxygen atoms in total. The summed E-state index contributed by atoms with van der Waals surface area (Å²) in [6.45, 7) is 2.61. The fourth-order valence-corrected chi connectivity index (χ4v) is 1.73. The number of nitrogens with one attached hydrogen (secondary N) is 2. The zero-order valence-electron chi connectivity index (χ0n) is 11.3. The predicted octanol–water partition coefficient (Wildman–Crippen LogP) is 1.94. The molecule has 21 heavy (non-hydrogen) atoms. The molecule has 0 bridgehead atoms. The van der Waals surface area contributed by atoms with E-state index in [1.807, 2.05) is 6.92 Å². The van der Waals surface area contributed by atoms with Crippen LogP contribution >= 0.6 is 0 Å². The van der Waals surface area contributed by atoms with E-state index >= 15 is 0 Å². The molecule has 2 N–H and O–H groups in total. The van der Waals surface area contributed by atoms with Gasteiger partial charge in [0.25, 0.3) is 11.6 Å². The van der Waals surface area contributed by atoms with E-state index in [9.17, 15) is 14.9 Å². The second kappa shape index (κ2) is 6.51. The largest absolute Gasteiger partial charge is 0.467 e. The minimum absolute atomic E-state index is 0.0440. The van der Waals surface area contributed by atoms with Crippen molar-refractivity contribution in [3.05, 3.63) is 52.1 Å². The minimum Gasteiger partial charge on any atom is -0.467 e. The van der Waals surface area contributed by atoms with Crippen molar-refractivity contribution < 1.29 is 14.1 Å². The van der Waals surface area contributed by atoms with Gasteiger partial charge in [0.1, 0.15) is 23.3 Å². The van der Waals surface area contributed by atoms with Gasteiger partial charge in [-0.25, -0.2) is 4.98 Å². The Hall–Kier alpha value is -2.90. The highest BCUT2D eigenvalue weighted by Crippen LogP contribution is 2.20. The molecular weight excluding hydrogens is 276 g/mol. The van der Waals surface area contributed by atoms with Gasteiger partial charge in [0, 0.05) is 12.6 Å². The monoisotopic (exact) mass is 290 g/mol. The van der Waals surface area contributed by atoms with Gasteiger partial charge in [-0.15, -0.1) is 0 Å². The lowest BCUT2D eigenvalue weighted by Gasteiger charge is -2.07. The summed E-state index contributed by atoms with van der Waals surface area (Å²) in [5.41, 5.74) is -0.383. The van der Waals surface area contributed by atoms with E-state index in [0.29, 0.717) is 18.1 Å². The molecule has 2 aromatic rings. The van der Waals surface area contributed by atoms with Crippen LogP contribution in [0.15, 0.2) is 35.1 Å². The summed E-state index contributed by atoms with van der Waals surface area (Å²) >= 11 is 0. The molecule has 2 rings (SSSR count). The lowest BCUT2D eigenvalue weighted by molar-refractivity contribution is -0.385. The van der Waals surface area contributed by atoms with Gasteiger partial charge in [-0.2, -0.15) is 0 Å². The number of rotatable bonds is 6. The number of hydrogen-bond acceptors (Lipinski definition) is 6. The number of hydrogen-bond donors (Lipinski definition) is 2. The van der Waals surface area contributed by atoms with E-state index in [1.165, 1.54) is 12.3 Å². The van der Waals surface area contributed by atoms with Crippen LogP contribution in [-0.4, -0.2) is 22.4 Å². The first-order valence-electron chi connectivity index (χ1n) is 6.30. The molecule has 0 aliphatic rings. The second-order valence-corrected chi connectivity index (χ2v) is 4.14. The molecular formula is C13H14N4O4. The van der Waals surface area contributed by atoms with E-state index in [4.69, 9.17) is 4.42 Å². The Balaban J connectivity index is 2.20. The molecule has 0 saturated heterocycles. The molecule has 8 heteroatoms. The SMILES string of the molecule is CCNc1cc(C(=O)NCc2ccco2)c([N+](=O)[O-])cn1. The molecule has 0 radical (unpaired) electrons. The molecule has 0 aliphatic heterocycles. The van der Waals surface area contributed by atoms with Crippen molar-refractivity contribution in [3.8, 4) is 0 Å². The van der Waals surface area contributed by atoms with Crippen molar-refractivity contribution in [2.75, 3.05) is 11.9 Å². The van der Waals surface area contributed by atoms with Crippen molar-refractivity contribution in [2.24, 2.45) is 0 Å². The lowest BCUT2D eigenvalue weighted by Crippen LogP contribution is -2.24. The third-order valence-corrected chi connectivity index (χ3v) is 2.69. The van der Waals surface area contributed by atoms with E-state index in [0.717, 1.165) is 6.20 Å². The maximum atomic E-state index is 12.1. The zero-order chi connectivity index (χ0) is 15.2. The van der Waals surface area contributed by atoms with Crippen molar-refractivity contribution >= 4 is 17.4 Å². The first-order valence-corrected chi connectivity index (χ1v) is 6.30. The first kappa shape index (κ1) is 14.5. The number of carbonyl (C=O) groups is 1. The van der Waals surface area contributed by atoms with E-state index in [2.05, 4.69) is 15.6 Å². The van der Waals surface area contributed by atoms with Crippen LogP contribution in [0.4, 0.5) is 11.5 Å². The third kappa shape index (κ3) is 3.56. The smallest absolute Gasteiger partial charge is 0.300 e. The van der Waals surface area contributed by atoms with Gasteiger partial charge in [-0.3, -0.25) is 14.9 Å². The number of furan rings is 1. The summed E-state index contributed by atoms with van der Waals surface area (Å²) in [6, 6.07) is 4.75. The van der Waals surface area contributed by atoms with Crippen molar-refractivity contribution in [2.45, 2.75) is 13.5 Å². The topological polar surface area (TPSA) is 110 Å². The summed E-state index contributed by atoms with van der Waals surface area (Å²) in [4.78, 5) is 26.3. The predicted molar refractivity (Wildman–Crippen MR) is 74.9 cm³/mol. The summed E-state index contributed by atoms with van der Waals surface area (Å²) < 4.78 is 5.09. The molecule has 0 spiro atoms. The molecule has 0 fully saturated rings. The quantitative estimate of drug-likeness (QED) is 0.621. The molecule has 2 heterocycles. The van der Waals surface area contributed by atoms with Crippen molar-refractivity contribution in [1.29, 1.82) is 0 Å². The molecule has 0 aliphatic carbocycles. The van der Waals surface area contributed by atoms with Crippen LogP contribution in [0.1, 0.15) is 23.0 Å². The van der Waals surface area contributed by atoms with Crippen LogP contribution < -0.4 is 10.6 Å². The maximum absolute atomic E-state index is 12.1. The van der Waals surface area contributed by atoms with Gasteiger partial charge in [-0.1, -0.05) is 0 Å². The van der Waals surface area contributed by atoms with Gasteiger partial charge < -0.3 is 15.1 Å². The number of aromatic nitrogens is 1. The molecule has 0 saturated carbocycles. The van der Waals surface area contributed by atoms with E-state index in [1.54, 1.807) is 12.1 Å². The van der Waals surface area contributed by atoms with Crippen LogP contribution in [0.2, 0.25) is 0 Å². The standard InChI is InChI=1S/C13H14N4O4/c1-2-14-12-6-10(11(8-15-12)17(19)20)13(18)16-7-9-4-3-5-21-9/h3-6,8H,2,7H2,1H3,(H,14,15)(H,16,18). The summed E-state index contributed by atoms with van der Waals surface area (Å²) in [7, 11) is 0. The Morgan fingerprint density at radius 2 is 2.33 bits per heavy atom. The number of amides is 1. The van der Waals surface area contributed by atoms with Gasteiger partial charge in [0.05, 0.1) is 17.7 Å². The highest BCUT2D eigenvalue weighted by molar-refractivity contribution is 5.98. The van der Waals surface area contributed by atoms with Gasteiger partial charge in [0.15, 0.2) is 0 Å². The minimum atomic E-state index is -0.634. The van der Waals surface area contributed by atoms with Gasteiger partial charge >= 0.3 is 0 Å². The highest BCUT2D eigenvalue weighted by Gasteiger charge is 2.21. The van der Waals surface area contributed by atoms with Crippen LogP contribution in [0.5, 0.6) is 0 Å². The van der Waals surface area contributed by atoms with Crippen molar-refractivity contribution in [3.63, 3.8) is 0 Å². The molecule has 0 unspecified atom stereocenters. The number of nitrogens with zero attached hydrogens (tertiary/aromatic N) is 2. The van der Waals surface area contributed by atoms with Crippen LogP contribution in [-0.2, 0) is 6.54 Å². The first-order chi connectivity index (χ1) is 10.1. The molecule has 1 amide bonds. The Kier molecular flexibility index (Phi) is 4.50. The summed E-state index contributed by atoms with van der Waals surface area (Å²) in [5.74, 6) is 0.415. The molecule has 2 aromatic heterocycles. The normalized spacial score (nSPS) is 10.1. The number of pyridine rings is 1. The van der Waals surface area contributed by atoms with Crippen LogP contribution in [0.25, 0.3) is 0 Å². The lowest BCUT2D eigenvalue weighted by atomic mass is 10.2. The Bertz CT molecular complexity index is 640. The van der Waals surface area contributed by atoms with E-state index < -0.39 is 10.8 Å². The van der Waals surface area contributed by atoms with Gasteiger partial charge in [0.2, 0.25) is 0 Å². The van der Waals surface area contributed by atoms with Crippen molar-refractivity contribution in [1.82, 2.24) is 10.3 Å². The van der Waals surface area contributed by atoms with Crippen LogP contribution in [0.3, 0.4) is 0 Å². The molecule has 0 aromatic carbocycles. The zero-order valence-corrected chi connectivity index (χ0v) is 11.3.